The number of rotatable bonds is 6. The van der Waals surface area contributed by atoms with Crippen molar-refractivity contribution in [2.24, 2.45) is 0 Å². The lowest BCUT2D eigenvalue weighted by atomic mass is 10.0. The van der Waals surface area contributed by atoms with Gasteiger partial charge in [-0.25, -0.2) is 0 Å². The van der Waals surface area contributed by atoms with Crippen molar-refractivity contribution in [1.82, 2.24) is 4.90 Å². The van der Waals surface area contributed by atoms with Crippen LogP contribution in [0.1, 0.15) is 11.3 Å². The van der Waals surface area contributed by atoms with Crippen LogP contribution in [0, 0.1) is 6.92 Å². The summed E-state index contributed by atoms with van der Waals surface area (Å²) in [5.74, 6) is -1.17. The number of alkyl halides is 3. The van der Waals surface area contributed by atoms with Gasteiger partial charge in [0.25, 0.3) is 0 Å². The lowest BCUT2D eigenvalue weighted by molar-refractivity contribution is -0.186. The molecule has 0 saturated heterocycles. The van der Waals surface area contributed by atoms with Crippen LogP contribution in [0.2, 0.25) is 5.02 Å². The van der Waals surface area contributed by atoms with Crippen LogP contribution < -0.4 is 0 Å². The number of fused-ring (bicyclic) bond motifs is 1. The molecule has 0 spiro atoms. The van der Waals surface area contributed by atoms with Gasteiger partial charge in [-0.15, -0.1) is 0 Å². The molecule has 154 valence electrons. The summed E-state index contributed by atoms with van der Waals surface area (Å²) in [5.41, 5.74) is 2.98. The van der Waals surface area contributed by atoms with Gasteiger partial charge in [-0.1, -0.05) is 35.4 Å². The van der Waals surface area contributed by atoms with E-state index in [0.29, 0.717) is 27.7 Å². The molecule has 1 heterocycles. The lowest BCUT2D eigenvalue weighted by Gasteiger charge is -2.23. The molecular formula is C21H19ClF3NO2S. The molecule has 0 aliphatic carbocycles. The third-order valence-corrected chi connectivity index (χ3v) is 5.32. The predicted octanol–water partition coefficient (Wildman–Crippen LogP) is 6.32. The Morgan fingerprint density at radius 1 is 1.17 bits per heavy atom. The van der Waals surface area contributed by atoms with E-state index in [1.165, 1.54) is 11.8 Å². The molecular weight excluding hydrogens is 423 g/mol. The zero-order valence-corrected chi connectivity index (χ0v) is 17.4. The maximum Gasteiger partial charge on any atom is 0.471 e. The molecule has 1 aromatic heterocycles. The summed E-state index contributed by atoms with van der Waals surface area (Å²) in [6.45, 7) is 1.62. The van der Waals surface area contributed by atoms with Crippen molar-refractivity contribution >= 4 is 40.2 Å². The van der Waals surface area contributed by atoms with Gasteiger partial charge in [0.15, 0.2) is 0 Å². The quantitative estimate of drug-likeness (QED) is 0.449. The molecule has 0 aliphatic rings. The Labute approximate surface area is 175 Å². The highest BCUT2D eigenvalue weighted by molar-refractivity contribution is 7.98. The number of hydrogen-bond donors (Lipinski definition) is 0. The van der Waals surface area contributed by atoms with Gasteiger partial charge in [0, 0.05) is 28.3 Å². The van der Waals surface area contributed by atoms with E-state index in [2.05, 4.69) is 0 Å². The zero-order chi connectivity index (χ0) is 21.2. The molecule has 3 nitrogen and oxygen atoms in total. The second kappa shape index (κ2) is 8.71. The molecule has 8 heteroatoms. The zero-order valence-electron chi connectivity index (χ0n) is 15.8. The minimum absolute atomic E-state index is 0.0321. The SMILES string of the molecule is CSCCN(Cc1oc2ccc(C)cc2c1-c1ccc(Cl)cc1)C(=O)C(F)(F)F. The summed E-state index contributed by atoms with van der Waals surface area (Å²) in [6.07, 6.45) is -3.17. The van der Waals surface area contributed by atoms with Crippen LogP contribution in [0.4, 0.5) is 13.2 Å². The molecule has 2 aromatic carbocycles. The fraction of sp³-hybridized carbons (Fsp3) is 0.286. The normalized spacial score (nSPS) is 11.8. The topological polar surface area (TPSA) is 33.5 Å². The van der Waals surface area contributed by atoms with Gasteiger partial charge in [0.05, 0.1) is 6.54 Å². The monoisotopic (exact) mass is 441 g/mol. The van der Waals surface area contributed by atoms with Crippen molar-refractivity contribution in [1.29, 1.82) is 0 Å². The second-order valence-electron chi connectivity index (χ2n) is 6.62. The van der Waals surface area contributed by atoms with E-state index in [0.717, 1.165) is 21.4 Å². The number of hydrogen-bond acceptors (Lipinski definition) is 3. The first-order valence-corrected chi connectivity index (χ1v) is 10.6. The Morgan fingerprint density at radius 2 is 1.86 bits per heavy atom. The van der Waals surface area contributed by atoms with Crippen LogP contribution in [0.15, 0.2) is 46.9 Å². The van der Waals surface area contributed by atoms with E-state index in [9.17, 15) is 18.0 Å². The number of carbonyl (C=O) groups is 1. The number of thioether (sulfide) groups is 1. The largest absolute Gasteiger partial charge is 0.471 e. The van der Waals surface area contributed by atoms with Gasteiger partial charge >= 0.3 is 12.1 Å². The fourth-order valence-electron chi connectivity index (χ4n) is 3.11. The first kappa shape index (κ1) is 21.6. The average Bonchev–Trinajstić information content (AvgIpc) is 3.01. The van der Waals surface area contributed by atoms with E-state index in [1.807, 2.05) is 19.1 Å². The molecule has 0 saturated carbocycles. The highest BCUT2D eigenvalue weighted by Crippen LogP contribution is 2.37. The van der Waals surface area contributed by atoms with Crippen molar-refractivity contribution < 1.29 is 22.4 Å². The maximum atomic E-state index is 13.1. The first-order valence-electron chi connectivity index (χ1n) is 8.83. The van der Waals surface area contributed by atoms with Gasteiger partial charge < -0.3 is 9.32 Å². The third kappa shape index (κ3) is 4.90. The molecule has 29 heavy (non-hydrogen) atoms. The molecule has 0 N–H and O–H groups in total. The van der Waals surface area contributed by atoms with E-state index >= 15 is 0 Å². The number of amides is 1. The second-order valence-corrected chi connectivity index (χ2v) is 8.05. The van der Waals surface area contributed by atoms with E-state index in [-0.39, 0.29) is 13.1 Å². The minimum atomic E-state index is -4.94. The molecule has 3 aromatic rings. The molecule has 0 unspecified atom stereocenters. The number of furan rings is 1. The van der Waals surface area contributed by atoms with Gasteiger partial charge in [0.2, 0.25) is 0 Å². The standard InChI is InChI=1S/C21H19ClF3NO2S/c1-13-3-8-17-16(11-13)19(14-4-6-15(22)7-5-14)18(28-17)12-26(9-10-29-2)20(27)21(23,24)25/h3-8,11H,9-10,12H2,1-2H3. The average molecular weight is 442 g/mol. The van der Waals surface area contributed by atoms with Crippen LogP contribution in [-0.2, 0) is 11.3 Å². The summed E-state index contributed by atoms with van der Waals surface area (Å²) >= 11 is 7.36. The number of halogens is 4. The Hall–Kier alpha value is -2.12. The lowest BCUT2D eigenvalue weighted by Crippen LogP contribution is -2.41. The van der Waals surface area contributed by atoms with E-state index in [1.54, 1.807) is 36.6 Å². The maximum absolute atomic E-state index is 13.1. The van der Waals surface area contributed by atoms with Crippen molar-refractivity contribution in [3.63, 3.8) is 0 Å². The van der Waals surface area contributed by atoms with Crippen molar-refractivity contribution in [2.75, 3.05) is 18.6 Å². The molecule has 0 aliphatic heterocycles. The highest BCUT2D eigenvalue weighted by atomic mass is 35.5. The van der Waals surface area contributed by atoms with Crippen LogP contribution in [-0.4, -0.2) is 35.5 Å². The molecule has 1 amide bonds. The highest BCUT2D eigenvalue weighted by Gasteiger charge is 2.42. The summed E-state index contributed by atoms with van der Waals surface area (Å²) in [7, 11) is 0. The molecule has 3 rings (SSSR count). The number of aryl methyl sites for hydroxylation is 1. The van der Waals surface area contributed by atoms with Crippen molar-refractivity contribution in [2.45, 2.75) is 19.6 Å². The first-order chi connectivity index (χ1) is 13.7. The number of benzene rings is 2. The Morgan fingerprint density at radius 3 is 2.48 bits per heavy atom. The van der Waals surface area contributed by atoms with Gasteiger partial charge in [-0.2, -0.15) is 24.9 Å². The fourth-order valence-corrected chi connectivity index (χ4v) is 3.64. The summed E-state index contributed by atoms with van der Waals surface area (Å²) < 4.78 is 45.2. The molecule has 0 radical (unpaired) electrons. The number of nitrogens with zero attached hydrogens (tertiary/aromatic N) is 1. The van der Waals surface area contributed by atoms with Crippen LogP contribution in [0.25, 0.3) is 22.1 Å². The minimum Gasteiger partial charge on any atom is -0.459 e. The van der Waals surface area contributed by atoms with Crippen molar-refractivity contribution in [3.05, 3.63) is 58.8 Å². The van der Waals surface area contributed by atoms with Crippen LogP contribution in [0.3, 0.4) is 0 Å². The van der Waals surface area contributed by atoms with E-state index in [4.69, 9.17) is 16.0 Å². The van der Waals surface area contributed by atoms with Gasteiger partial charge in [-0.3, -0.25) is 4.79 Å². The Kier molecular flexibility index (Phi) is 6.49. The van der Waals surface area contributed by atoms with Crippen LogP contribution in [0.5, 0.6) is 0 Å². The summed E-state index contributed by atoms with van der Waals surface area (Å²) in [6, 6.07) is 12.6. The summed E-state index contributed by atoms with van der Waals surface area (Å²) in [5, 5.41) is 1.33. The molecule has 0 fully saturated rings. The number of carbonyl (C=O) groups excluding carboxylic acids is 1. The smallest absolute Gasteiger partial charge is 0.459 e. The summed E-state index contributed by atoms with van der Waals surface area (Å²) in [4.78, 5) is 12.8. The predicted molar refractivity (Wildman–Crippen MR) is 111 cm³/mol. The van der Waals surface area contributed by atoms with E-state index < -0.39 is 12.1 Å². The third-order valence-electron chi connectivity index (χ3n) is 4.48. The Bertz CT molecular complexity index is 1020. The Balaban J connectivity index is 2.10. The van der Waals surface area contributed by atoms with Gasteiger partial charge in [-0.05, 0) is 43.0 Å². The van der Waals surface area contributed by atoms with Gasteiger partial charge in [0.1, 0.15) is 11.3 Å². The van der Waals surface area contributed by atoms with Crippen molar-refractivity contribution in [3.8, 4) is 11.1 Å². The molecule has 0 bridgehead atoms. The molecule has 0 atom stereocenters. The van der Waals surface area contributed by atoms with Crippen LogP contribution >= 0.6 is 23.4 Å².